The van der Waals surface area contributed by atoms with Crippen LogP contribution in [-0.4, -0.2) is 11.7 Å². The van der Waals surface area contributed by atoms with Crippen molar-refractivity contribution in [1.82, 2.24) is 5.32 Å². The molecule has 1 amide bonds. The monoisotopic (exact) mass is 333 g/mol. The average molecular weight is 334 g/mol. The van der Waals surface area contributed by atoms with Gasteiger partial charge in [-0.15, -0.1) is 11.8 Å². The minimum atomic E-state index is -0.0359. The van der Waals surface area contributed by atoms with E-state index in [2.05, 4.69) is 36.5 Å². The first kappa shape index (κ1) is 16.9. The van der Waals surface area contributed by atoms with Gasteiger partial charge in [0.2, 0.25) is 5.91 Å². The highest BCUT2D eigenvalue weighted by molar-refractivity contribution is 7.99. The van der Waals surface area contributed by atoms with Gasteiger partial charge in [0.1, 0.15) is 0 Å². The van der Waals surface area contributed by atoms with Crippen molar-refractivity contribution >= 4 is 29.3 Å². The van der Waals surface area contributed by atoms with E-state index in [-0.39, 0.29) is 11.9 Å². The summed E-state index contributed by atoms with van der Waals surface area (Å²) in [5.74, 6) is 1.35. The smallest absolute Gasteiger partial charge is 0.230 e. The Labute approximate surface area is 141 Å². The molecule has 0 aliphatic heterocycles. The third-order valence-electron chi connectivity index (χ3n) is 3.35. The predicted molar refractivity (Wildman–Crippen MR) is 95.4 cm³/mol. The number of aryl methyl sites for hydroxylation is 1. The highest BCUT2D eigenvalue weighted by atomic mass is 35.5. The van der Waals surface area contributed by atoms with Gasteiger partial charge in [-0.05, 0) is 37.1 Å². The molecule has 1 N–H and O–H groups in total. The minimum absolute atomic E-state index is 0.0359. The summed E-state index contributed by atoms with van der Waals surface area (Å²) in [5, 5.41) is 3.69. The van der Waals surface area contributed by atoms with Gasteiger partial charge in [-0.1, -0.05) is 53.6 Å². The summed E-state index contributed by atoms with van der Waals surface area (Å²) < 4.78 is 0. The fourth-order valence-corrected chi connectivity index (χ4v) is 3.09. The van der Waals surface area contributed by atoms with Crippen molar-refractivity contribution in [3.63, 3.8) is 0 Å². The molecule has 2 rings (SSSR count). The molecule has 1 atom stereocenters. The lowest BCUT2D eigenvalue weighted by Gasteiger charge is -2.14. The summed E-state index contributed by atoms with van der Waals surface area (Å²) in [6.45, 7) is 4.04. The molecule has 0 aliphatic carbocycles. The molecule has 0 saturated heterocycles. The van der Waals surface area contributed by atoms with Crippen LogP contribution in [0.5, 0.6) is 0 Å². The third-order valence-corrected chi connectivity index (χ3v) is 4.59. The Morgan fingerprint density at radius 3 is 2.64 bits per heavy atom. The largest absolute Gasteiger partial charge is 0.349 e. The van der Waals surface area contributed by atoms with Gasteiger partial charge < -0.3 is 5.32 Å². The Hall–Kier alpha value is -1.45. The summed E-state index contributed by atoms with van der Waals surface area (Å²) in [6.07, 6.45) is 0. The molecule has 22 heavy (non-hydrogen) atoms. The first-order valence-electron chi connectivity index (χ1n) is 7.22. The van der Waals surface area contributed by atoms with E-state index in [1.54, 1.807) is 11.8 Å². The molecule has 0 aliphatic rings. The lowest BCUT2D eigenvalue weighted by molar-refractivity contribution is -0.119. The number of hydrogen-bond acceptors (Lipinski definition) is 2. The zero-order valence-electron chi connectivity index (χ0n) is 12.8. The van der Waals surface area contributed by atoms with Crippen molar-refractivity contribution in [2.75, 3.05) is 5.75 Å². The summed E-state index contributed by atoms with van der Waals surface area (Å²) in [6, 6.07) is 15.9. The van der Waals surface area contributed by atoms with Crippen LogP contribution >= 0.6 is 23.4 Å². The summed E-state index contributed by atoms with van der Waals surface area (Å²) in [7, 11) is 0. The van der Waals surface area contributed by atoms with E-state index in [1.165, 1.54) is 11.1 Å². The van der Waals surface area contributed by atoms with E-state index in [0.29, 0.717) is 10.8 Å². The van der Waals surface area contributed by atoms with E-state index in [4.69, 9.17) is 11.6 Å². The highest BCUT2D eigenvalue weighted by Gasteiger charge is 2.09. The van der Waals surface area contributed by atoms with Crippen LogP contribution in [-0.2, 0) is 10.5 Å². The van der Waals surface area contributed by atoms with Gasteiger partial charge >= 0.3 is 0 Å². The van der Waals surface area contributed by atoms with Crippen molar-refractivity contribution in [3.8, 4) is 0 Å². The van der Waals surface area contributed by atoms with Crippen LogP contribution in [0.3, 0.4) is 0 Å². The molecule has 2 aromatic carbocycles. The SMILES string of the molecule is Cc1ccc(CSCC(=O)N[C@@H](C)c2cccc(Cl)c2)cc1. The number of halogens is 1. The molecule has 2 nitrogen and oxygen atoms in total. The van der Waals surface area contributed by atoms with Gasteiger partial charge in [0, 0.05) is 10.8 Å². The predicted octanol–water partition coefficient (Wildman–Crippen LogP) is 4.76. The zero-order chi connectivity index (χ0) is 15.9. The molecule has 116 valence electrons. The van der Waals surface area contributed by atoms with E-state index in [9.17, 15) is 4.79 Å². The number of rotatable bonds is 6. The van der Waals surface area contributed by atoms with Crippen LogP contribution in [0, 0.1) is 6.92 Å². The maximum Gasteiger partial charge on any atom is 0.230 e. The molecule has 0 unspecified atom stereocenters. The van der Waals surface area contributed by atoms with E-state index in [0.717, 1.165) is 11.3 Å². The number of carbonyl (C=O) groups excluding carboxylic acids is 1. The molecule has 0 heterocycles. The zero-order valence-corrected chi connectivity index (χ0v) is 14.4. The lowest BCUT2D eigenvalue weighted by atomic mass is 10.1. The maximum absolute atomic E-state index is 12.0. The van der Waals surface area contributed by atoms with Gasteiger partial charge in [-0.3, -0.25) is 4.79 Å². The molecule has 2 aromatic rings. The van der Waals surface area contributed by atoms with Crippen molar-refractivity contribution in [3.05, 3.63) is 70.2 Å². The van der Waals surface area contributed by atoms with Crippen LogP contribution in [0.15, 0.2) is 48.5 Å². The minimum Gasteiger partial charge on any atom is -0.349 e. The van der Waals surface area contributed by atoms with E-state index in [1.807, 2.05) is 31.2 Å². The van der Waals surface area contributed by atoms with Crippen LogP contribution in [0.4, 0.5) is 0 Å². The fraction of sp³-hybridized carbons (Fsp3) is 0.278. The number of thioether (sulfide) groups is 1. The standard InChI is InChI=1S/C18H20ClNOS/c1-13-6-8-15(9-7-13)11-22-12-18(21)20-14(2)16-4-3-5-17(19)10-16/h3-10,14H,11-12H2,1-2H3,(H,20,21)/t14-/m0/s1. The molecule has 0 radical (unpaired) electrons. The number of hydrogen-bond donors (Lipinski definition) is 1. The normalized spacial score (nSPS) is 12.0. The molecule has 0 bridgehead atoms. The number of benzene rings is 2. The second-order valence-corrected chi connectivity index (χ2v) is 6.74. The Morgan fingerprint density at radius 2 is 1.95 bits per heavy atom. The topological polar surface area (TPSA) is 29.1 Å². The van der Waals surface area contributed by atoms with Gasteiger partial charge in [0.25, 0.3) is 0 Å². The van der Waals surface area contributed by atoms with Crippen molar-refractivity contribution in [1.29, 1.82) is 0 Å². The number of carbonyl (C=O) groups is 1. The van der Waals surface area contributed by atoms with E-state index >= 15 is 0 Å². The molecule has 0 fully saturated rings. The Bertz CT molecular complexity index is 627. The fourth-order valence-electron chi connectivity index (χ4n) is 2.09. The molecule has 0 aromatic heterocycles. The molecule has 0 spiro atoms. The summed E-state index contributed by atoms with van der Waals surface area (Å²) in [5.41, 5.74) is 3.51. The Kier molecular flexibility index (Phi) is 6.34. The molecular weight excluding hydrogens is 314 g/mol. The van der Waals surface area contributed by atoms with Gasteiger partial charge in [-0.2, -0.15) is 0 Å². The van der Waals surface area contributed by atoms with E-state index < -0.39 is 0 Å². The molecule has 0 saturated carbocycles. The lowest BCUT2D eigenvalue weighted by Crippen LogP contribution is -2.28. The van der Waals surface area contributed by atoms with Gasteiger partial charge in [0.15, 0.2) is 0 Å². The summed E-state index contributed by atoms with van der Waals surface area (Å²) in [4.78, 5) is 12.0. The summed E-state index contributed by atoms with van der Waals surface area (Å²) >= 11 is 7.59. The number of amides is 1. The van der Waals surface area contributed by atoms with Crippen LogP contribution < -0.4 is 5.32 Å². The quantitative estimate of drug-likeness (QED) is 0.825. The number of nitrogens with one attached hydrogen (secondary N) is 1. The Morgan fingerprint density at radius 1 is 1.23 bits per heavy atom. The molecule has 4 heteroatoms. The molecular formula is C18H20ClNOS. The van der Waals surface area contributed by atoms with Crippen LogP contribution in [0.2, 0.25) is 5.02 Å². The Balaban J connectivity index is 1.76. The van der Waals surface area contributed by atoms with Crippen LogP contribution in [0.1, 0.15) is 29.7 Å². The second-order valence-electron chi connectivity index (χ2n) is 5.32. The first-order valence-corrected chi connectivity index (χ1v) is 8.76. The van der Waals surface area contributed by atoms with Crippen molar-refractivity contribution < 1.29 is 4.79 Å². The van der Waals surface area contributed by atoms with Crippen LogP contribution in [0.25, 0.3) is 0 Å². The second kappa shape index (κ2) is 8.25. The third kappa shape index (κ3) is 5.39. The van der Waals surface area contributed by atoms with Gasteiger partial charge in [0.05, 0.1) is 11.8 Å². The van der Waals surface area contributed by atoms with Gasteiger partial charge in [-0.25, -0.2) is 0 Å². The maximum atomic E-state index is 12.0. The first-order chi connectivity index (χ1) is 10.5. The van der Waals surface area contributed by atoms with Crippen molar-refractivity contribution in [2.24, 2.45) is 0 Å². The average Bonchev–Trinajstić information content (AvgIpc) is 2.49. The van der Waals surface area contributed by atoms with Crippen molar-refractivity contribution in [2.45, 2.75) is 25.6 Å². The highest BCUT2D eigenvalue weighted by Crippen LogP contribution is 2.18.